The molecule has 9 heavy (non-hydrogen) atoms. The van der Waals surface area contributed by atoms with Crippen LogP contribution in [0.1, 0.15) is 32.6 Å². The minimum atomic E-state index is 0.719. The van der Waals surface area contributed by atoms with Gasteiger partial charge in [-0.05, 0) is 37.6 Å². The van der Waals surface area contributed by atoms with E-state index in [9.17, 15) is 0 Å². The van der Waals surface area contributed by atoms with E-state index in [0.29, 0.717) is 0 Å². The molecule has 1 unspecified atom stereocenters. The summed E-state index contributed by atoms with van der Waals surface area (Å²) in [5.74, 6) is 0. The third-order valence-electron chi connectivity index (χ3n) is 2.94. The van der Waals surface area contributed by atoms with Gasteiger partial charge in [0.05, 0.1) is 0 Å². The Hall–Kier alpha value is -0.0400. The number of hydrogen-bond donors (Lipinski definition) is 1. The topological polar surface area (TPSA) is 12.0 Å². The van der Waals surface area contributed by atoms with Crippen LogP contribution < -0.4 is 5.32 Å². The van der Waals surface area contributed by atoms with Crippen molar-refractivity contribution in [2.45, 2.75) is 38.6 Å². The molecule has 1 nitrogen and oxygen atoms in total. The molecule has 1 aliphatic heterocycles. The van der Waals surface area contributed by atoms with Crippen LogP contribution in [0.15, 0.2) is 0 Å². The molecule has 0 radical (unpaired) electrons. The molecule has 0 spiro atoms. The van der Waals surface area contributed by atoms with Gasteiger partial charge in [0.25, 0.3) is 0 Å². The van der Waals surface area contributed by atoms with Crippen LogP contribution in [0.3, 0.4) is 0 Å². The van der Waals surface area contributed by atoms with Gasteiger partial charge in [-0.3, -0.25) is 0 Å². The van der Waals surface area contributed by atoms with Gasteiger partial charge in [-0.1, -0.05) is 6.92 Å². The molecule has 0 bridgehead atoms. The van der Waals surface area contributed by atoms with Crippen LogP contribution in [-0.2, 0) is 0 Å². The Bertz CT molecular complexity index is 110. The van der Waals surface area contributed by atoms with Crippen LogP contribution in [0.2, 0.25) is 0 Å². The van der Waals surface area contributed by atoms with E-state index in [0.717, 1.165) is 11.5 Å². The second kappa shape index (κ2) is 1.72. The molecule has 1 saturated carbocycles. The molecular weight excluding hydrogens is 110 g/mol. The van der Waals surface area contributed by atoms with Crippen LogP contribution in [-0.4, -0.2) is 12.6 Å². The van der Waals surface area contributed by atoms with Crippen LogP contribution >= 0.6 is 0 Å². The summed E-state index contributed by atoms with van der Waals surface area (Å²) in [7, 11) is 0. The first-order chi connectivity index (χ1) is 4.31. The molecule has 1 atom stereocenters. The van der Waals surface area contributed by atoms with Gasteiger partial charge in [-0.25, -0.2) is 0 Å². The van der Waals surface area contributed by atoms with Gasteiger partial charge in [0, 0.05) is 6.04 Å². The quantitative estimate of drug-likeness (QED) is 0.560. The lowest BCUT2D eigenvalue weighted by Gasteiger charge is -2.16. The molecule has 0 aromatic heterocycles. The second-order valence-electron chi connectivity index (χ2n) is 3.80. The number of hydrogen-bond acceptors (Lipinski definition) is 1. The van der Waals surface area contributed by atoms with Crippen molar-refractivity contribution in [1.82, 2.24) is 5.32 Å². The highest BCUT2D eigenvalue weighted by molar-refractivity contribution is 5.00. The van der Waals surface area contributed by atoms with E-state index < -0.39 is 0 Å². The predicted octanol–water partition coefficient (Wildman–Crippen LogP) is 1.54. The fourth-order valence-corrected chi connectivity index (χ4v) is 1.83. The average Bonchev–Trinajstić information content (AvgIpc) is 2.46. The Labute approximate surface area is 56.8 Å². The molecule has 1 heterocycles. The average molecular weight is 125 g/mol. The Morgan fingerprint density at radius 2 is 2.22 bits per heavy atom. The smallest absolute Gasteiger partial charge is 0.0121 e. The SMILES string of the molecule is CC1(C2CCCN2)CC1. The zero-order valence-corrected chi connectivity index (χ0v) is 6.11. The summed E-state index contributed by atoms with van der Waals surface area (Å²) in [6.07, 6.45) is 5.76. The van der Waals surface area contributed by atoms with E-state index in [-0.39, 0.29) is 0 Å². The van der Waals surface area contributed by atoms with Gasteiger partial charge in [-0.15, -0.1) is 0 Å². The maximum absolute atomic E-state index is 3.56. The van der Waals surface area contributed by atoms with E-state index in [4.69, 9.17) is 0 Å². The summed E-state index contributed by atoms with van der Waals surface area (Å²) in [6, 6.07) is 0.873. The van der Waals surface area contributed by atoms with E-state index in [1.165, 1.54) is 32.2 Å². The summed E-state index contributed by atoms with van der Waals surface area (Å²) < 4.78 is 0. The molecule has 2 fully saturated rings. The summed E-state index contributed by atoms with van der Waals surface area (Å²) in [5.41, 5.74) is 0.719. The fourth-order valence-electron chi connectivity index (χ4n) is 1.83. The maximum Gasteiger partial charge on any atom is 0.0121 e. The molecule has 0 aromatic carbocycles. The van der Waals surface area contributed by atoms with Crippen LogP contribution in [0.25, 0.3) is 0 Å². The molecule has 1 saturated heterocycles. The van der Waals surface area contributed by atoms with Crippen LogP contribution in [0, 0.1) is 5.41 Å². The first-order valence-electron chi connectivity index (χ1n) is 4.05. The fraction of sp³-hybridized carbons (Fsp3) is 1.00. The number of nitrogens with one attached hydrogen (secondary N) is 1. The largest absolute Gasteiger partial charge is 0.313 e. The predicted molar refractivity (Wildman–Crippen MR) is 38.4 cm³/mol. The molecule has 1 N–H and O–H groups in total. The summed E-state index contributed by atoms with van der Waals surface area (Å²) in [6.45, 7) is 3.68. The van der Waals surface area contributed by atoms with Gasteiger partial charge in [0.15, 0.2) is 0 Å². The van der Waals surface area contributed by atoms with Gasteiger partial charge in [-0.2, -0.15) is 0 Å². The van der Waals surface area contributed by atoms with Crippen molar-refractivity contribution < 1.29 is 0 Å². The lowest BCUT2D eigenvalue weighted by atomic mass is 9.98. The van der Waals surface area contributed by atoms with Gasteiger partial charge < -0.3 is 5.32 Å². The second-order valence-corrected chi connectivity index (χ2v) is 3.80. The molecule has 52 valence electrons. The maximum atomic E-state index is 3.56. The molecule has 1 heteroatoms. The lowest BCUT2D eigenvalue weighted by Crippen LogP contribution is -2.29. The minimum Gasteiger partial charge on any atom is -0.313 e. The first-order valence-corrected chi connectivity index (χ1v) is 4.05. The minimum absolute atomic E-state index is 0.719. The Kier molecular flexibility index (Phi) is 1.10. The monoisotopic (exact) mass is 125 g/mol. The Balaban J connectivity index is 1.97. The van der Waals surface area contributed by atoms with E-state index in [2.05, 4.69) is 12.2 Å². The highest BCUT2D eigenvalue weighted by Crippen LogP contribution is 2.50. The van der Waals surface area contributed by atoms with Crippen LogP contribution in [0.5, 0.6) is 0 Å². The third-order valence-corrected chi connectivity index (χ3v) is 2.94. The lowest BCUT2D eigenvalue weighted by molar-refractivity contribution is 0.400. The molecule has 0 amide bonds. The normalized spacial score (nSPS) is 39.0. The number of rotatable bonds is 1. The summed E-state index contributed by atoms with van der Waals surface area (Å²) >= 11 is 0. The van der Waals surface area contributed by atoms with Gasteiger partial charge in [0.1, 0.15) is 0 Å². The molecule has 2 aliphatic rings. The van der Waals surface area contributed by atoms with Gasteiger partial charge in [0.2, 0.25) is 0 Å². The zero-order valence-electron chi connectivity index (χ0n) is 6.11. The van der Waals surface area contributed by atoms with Crippen molar-refractivity contribution in [2.24, 2.45) is 5.41 Å². The standard InChI is InChI=1S/C8H15N/c1-8(4-5-8)7-3-2-6-9-7/h7,9H,2-6H2,1H3. The van der Waals surface area contributed by atoms with Crippen molar-refractivity contribution in [3.05, 3.63) is 0 Å². The highest BCUT2D eigenvalue weighted by Gasteiger charge is 2.45. The highest BCUT2D eigenvalue weighted by atomic mass is 15.0. The Morgan fingerprint density at radius 1 is 1.44 bits per heavy atom. The summed E-state index contributed by atoms with van der Waals surface area (Å²) in [4.78, 5) is 0. The molecular formula is C8H15N. The van der Waals surface area contributed by atoms with Crippen molar-refractivity contribution in [1.29, 1.82) is 0 Å². The Morgan fingerprint density at radius 3 is 2.67 bits per heavy atom. The molecule has 2 rings (SSSR count). The zero-order chi connectivity index (χ0) is 6.32. The third kappa shape index (κ3) is 0.877. The first kappa shape index (κ1) is 5.72. The van der Waals surface area contributed by atoms with Gasteiger partial charge >= 0.3 is 0 Å². The van der Waals surface area contributed by atoms with E-state index in [1.54, 1.807) is 0 Å². The van der Waals surface area contributed by atoms with E-state index >= 15 is 0 Å². The van der Waals surface area contributed by atoms with Crippen LogP contribution in [0.4, 0.5) is 0 Å². The van der Waals surface area contributed by atoms with E-state index in [1.807, 2.05) is 0 Å². The molecule has 0 aromatic rings. The molecule has 1 aliphatic carbocycles. The van der Waals surface area contributed by atoms with Crippen molar-refractivity contribution >= 4 is 0 Å². The van der Waals surface area contributed by atoms with Crippen molar-refractivity contribution in [2.75, 3.05) is 6.54 Å². The summed E-state index contributed by atoms with van der Waals surface area (Å²) in [5, 5.41) is 3.56. The van der Waals surface area contributed by atoms with Crippen molar-refractivity contribution in [3.8, 4) is 0 Å². The van der Waals surface area contributed by atoms with Crippen molar-refractivity contribution in [3.63, 3.8) is 0 Å².